The number of nitrogens with zero attached hydrogens (tertiary/aromatic N) is 3. The van der Waals surface area contributed by atoms with E-state index in [1.807, 2.05) is 13.8 Å². The van der Waals surface area contributed by atoms with E-state index in [1.165, 1.54) is 4.90 Å². The molecular weight excluding hydrogens is 383 g/mol. The van der Waals surface area contributed by atoms with Crippen LogP contribution in [0, 0.1) is 41.4 Å². The fourth-order valence-electron chi connectivity index (χ4n) is 3.05. The summed E-state index contributed by atoms with van der Waals surface area (Å²) in [5, 5.41) is 11.8. The molecule has 1 saturated heterocycles. The molecule has 3 rings (SSSR count). The van der Waals surface area contributed by atoms with E-state index in [2.05, 4.69) is 4.98 Å². The Hall–Kier alpha value is -2.49. The van der Waals surface area contributed by atoms with Gasteiger partial charge in [-0.25, -0.2) is 13.8 Å². The molecule has 0 N–H and O–H groups in total. The summed E-state index contributed by atoms with van der Waals surface area (Å²) in [5.74, 6) is -6.37. The van der Waals surface area contributed by atoms with Gasteiger partial charge in [-0.2, -0.15) is 4.39 Å². The number of benzene rings is 1. The fourth-order valence-corrected chi connectivity index (χ4v) is 4.14. The van der Waals surface area contributed by atoms with Crippen molar-refractivity contribution in [2.75, 3.05) is 13.1 Å². The Morgan fingerprint density at radius 3 is 2.37 bits per heavy atom. The predicted molar refractivity (Wildman–Crippen MR) is 92.4 cm³/mol. The Balaban J connectivity index is 1.79. The van der Waals surface area contributed by atoms with E-state index in [4.69, 9.17) is 0 Å². The fraction of sp³-hybridized carbons (Fsp3) is 0.412. The highest BCUT2D eigenvalue weighted by Gasteiger charge is 2.32. The van der Waals surface area contributed by atoms with Crippen LogP contribution in [-0.2, 0) is 0 Å². The highest BCUT2D eigenvalue weighted by atomic mass is 32.1. The lowest BCUT2D eigenvalue weighted by Crippen LogP contribution is -2.38. The zero-order valence-corrected chi connectivity index (χ0v) is 15.4. The van der Waals surface area contributed by atoms with Crippen LogP contribution < -0.4 is 0 Å². The van der Waals surface area contributed by atoms with Crippen LogP contribution in [0.1, 0.15) is 44.7 Å². The van der Waals surface area contributed by atoms with Gasteiger partial charge in [0.1, 0.15) is 0 Å². The zero-order valence-electron chi connectivity index (χ0n) is 14.6. The minimum absolute atomic E-state index is 0.163. The number of rotatable bonds is 3. The molecule has 0 bridgehead atoms. The second kappa shape index (κ2) is 7.26. The average molecular weight is 399 g/mol. The van der Waals surface area contributed by atoms with Gasteiger partial charge in [0.15, 0.2) is 5.82 Å². The molecule has 0 aliphatic carbocycles. The van der Waals surface area contributed by atoms with Gasteiger partial charge in [0, 0.05) is 30.0 Å². The van der Waals surface area contributed by atoms with Crippen LogP contribution in [0.2, 0.25) is 0 Å². The maximum atomic E-state index is 14.0. The van der Waals surface area contributed by atoms with Gasteiger partial charge < -0.3 is 4.90 Å². The van der Waals surface area contributed by atoms with Crippen LogP contribution in [0.15, 0.2) is 6.07 Å². The minimum Gasteiger partial charge on any atom is -0.339 e. The van der Waals surface area contributed by atoms with Gasteiger partial charge in [-0.05, 0) is 26.7 Å². The molecule has 2 aromatic rings. The molecule has 1 fully saturated rings. The Morgan fingerprint density at radius 1 is 1.22 bits per heavy atom. The molecule has 1 aromatic carbocycles. The summed E-state index contributed by atoms with van der Waals surface area (Å²) in [5.41, 5.74) is -1.13. The topological polar surface area (TPSA) is 76.3 Å². The van der Waals surface area contributed by atoms with Crippen LogP contribution in [0.25, 0.3) is 0 Å². The zero-order chi connectivity index (χ0) is 19.9. The Kier molecular flexibility index (Phi) is 5.18. The summed E-state index contributed by atoms with van der Waals surface area (Å²) in [6.07, 6.45) is 1.18. The van der Waals surface area contributed by atoms with Crippen LogP contribution in [-0.4, -0.2) is 33.8 Å². The normalized spacial score (nSPS) is 15.2. The lowest BCUT2D eigenvalue weighted by Gasteiger charge is -2.31. The Morgan fingerprint density at radius 2 is 1.85 bits per heavy atom. The van der Waals surface area contributed by atoms with E-state index in [1.54, 1.807) is 11.3 Å². The average Bonchev–Trinajstić information content (AvgIpc) is 2.98. The highest BCUT2D eigenvalue weighted by Crippen LogP contribution is 2.33. The second-order valence-corrected chi connectivity index (χ2v) is 7.64. The van der Waals surface area contributed by atoms with Crippen LogP contribution in [0.4, 0.5) is 18.9 Å². The molecule has 0 radical (unpaired) electrons. The number of amides is 1. The number of aromatic nitrogens is 1. The van der Waals surface area contributed by atoms with E-state index in [9.17, 15) is 28.1 Å². The molecule has 0 unspecified atom stereocenters. The number of nitro groups is 1. The quantitative estimate of drug-likeness (QED) is 0.442. The number of aryl methyl sites for hydroxylation is 2. The molecular formula is C17H16F3N3O3S. The van der Waals surface area contributed by atoms with Crippen molar-refractivity contribution in [2.24, 2.45) is 0 Å². The lowest BCUT2D eigenvalue weighted by molar-refractivity contribution is -0.387. The molecule has 0 saturated carbocycles. The van der Waals surface area contributed by atoms with Crippen molar-refractivity contribution in [3.05, 3.63) is 54.8 Å². The smallest absolute Gasteiger partial charge is 0.308 e. The van der Waals surface area contributed by atoms with E-state index in [0.29, 0.717) is 18.9 Å². The van der Waals surface area contributed by atoms with Crippen molar-refractivity contribution >= 4 is 22.9 Å². The van der Waals surface area contributed by atoms with Crippen molar-refractivity contribution < 1.29 is 22.9 Å². The first kappa shape index (κ1) is 19.3. The molecule has 0 atom stereocenters. The number of carbonyl (C=O) groups excluding carboxylic acids is 1. The molecule has 10 heteroatoms. The number of likely N-dealkylation sites (tertiary alicyclic amines) is 1. The highest BCUT2D eigenvalue weighted by molar-refractivity contribution is 7.11. The first-order valence-corrected chi connectivity index (χ1v) is 9.07. The molecule has 0 spiro atoms. The first-order chi connectivity index (χ1) is 12.7. The number of piperidine rings is 1. The number of carbonyl (C=O) groups is 1. The van der Waals surface area contributed by atoms with Crippen molar-refractivity contribution in [2.45, 2.75) is 32.6 Å². The van der Waals surface area contributed by atoms with Crippen LogP contribution in [0.3, 0.4) is 0 Å². The molecule has 27 heavy (non-hydrogen) atoms. The van der Waals surface area contributed by atoms with Crippen molar-refractivity contribution in [1.82, 2.24) is 9.88 Å². The van der Waals surface area contributed by atoms with Gasteiger partial charge in [0.25, 0.3) is 5.91 Å². The minimum atomic E-state index is -2.02. The second-order valence-electron chi connectivity index (χ2n) is 6.40. The number of halogens is 3. The third kappa shape index (κ3) is 3.53. The van der Waals surface area contributed by atoms with Crippen molar-refractivity contribution in [3.63, 3.8) is 0 Å². The molecule has 2 heterocycles. The lowest BCUT2D eigenvalue weighted by atomic mass is 9.97. The monoisotopic (exact) mass is 399 g/mol. The van der Waals surface area contributed by atoms with Crippen molar-refractivity contribution in [3.8, 4) is 0 Å². The Labute approximate surface area is 156 Å². The predicted octanol–water partition coefficient (Wildman–Crippen LogP) is 4.11. The van der Waals surface area contributed by atoms with E-state index in [0.717, 1.165) is 15.6 Å². The van der Waals surface area contributed by atoms with E-state index >= 15 is 0 Å². The molecule has 1 aliphatic rings. The third-order valence-electron chi connectivity index (χ3n) is 4.73. The summed E-state index contributed by atoms with van der Waals surface area (Å²) in [6, 6.07) is 0.454. The standard InChI is InChI=1S/C17H16F3N3O3S/c1-8-9(2)27-16(21-8)10-3-5-22(6-4-10)17(24)11-7-12(23(25)26)14(19)15(20)13(11)18/h7,10H,3-6H2,1-2H3. The van der Waals surface area contributed by atoms with Gasteiger partial charge in [0.2, 0.25) is 11.6 Å². The molecule has 1 aromatic heterocycles. The number of thiazole rings is 1. The number of hydrogen-bond donors (Lipinski definition) is 0. The van der Waals surface area contributed by atoms with E-state index in [-0.39, 0.29) is 19.0 Å². The van der Waals surface area contributed by atoms with Gasteiger partial charge in [-0.3, -0.25) is 14.9 Å². The van der Waals surface area contributed by atoms with Crippen LogP contribution in [0.5, 0.6) is 0 Å². The van der Waals surface area contributed by atoms with Gasteiger partial charge in [0.05, 0.1) is 21.2 Å². The third-order valence-corrected chi connectivity index (χ3v) is 5.97. The van der Waals surface area contributed by atoms with Gasteiger partial charge >= 0.3 is 5.69 Å². The maximum absolute atomic E-state index is 14.0. The molecule has 1 aliphatic heterocycles. The Bertz CT molecular complexity index is 904. The number of hydrogen-bond acceptors (Lipinski definition) is 5. The van der Waals surface area contributed by atoms with Crippen LogP contribution >= 0.6 is 11.3 Å². The van der Waals surface area contributed by atoms with Crippen molar-refractivity contribution in [1.29, 1.82) is 0 Å². The molecule has 6 nitrogen and oxygen atoms in total. The number of nitro benzene ring substituents is 1. The first-order valence-electron chi connectivity index (χ1n) is 8.25. The molecule has 144 valence electrons. The van der Waals surface area contributed by atoms with Gasteiger partial charge in [-0.1, -0.05) is 0 Å². The summed E-state index contributed by atoms with van der Waals surface area (Å²) in [6.45, 7) is 4.45. The SMILES string of the molecule is Cc1nc(C2CCN(C(=O)c3cc([N+](=O)[O-])c(F)c(F)c3F)CC2)sc1C. The summed E-state index contributed by atoms with van der Waals surface area (Å²) < 4.78 is 41.1. The van der Waals surface area contributed by atoms with E-state index < -0.39 is 39.5 Å². The molecule has 1 amide bonds. The maximum Gasteiger partial charge on any atom is 0.308 e. The summed E-state index contributed by atoms with van der Waals surface area (Å²) in [7, 11) is 0. The largest absolute Gasteiger partial charge is 0.339 e. The van der Waals surface area contributed by atoms with Gasteiger partial charge in [-0.15, -0.1) is 11.3 Å². The summed E-state index contributed by atoms with van der Waals surface area (Å²) in [4.78, 5) is 29.1. The summed E-state index contributed by atoms with van der Waals surface area (Å²) >= 11 is 1.60.